The number of aliphatic imine (C=N–C) groups is 1. The Balaban J connectivity index is -0.000000378. The minimum Gasteiger partial charge on any atom is -0.329 e. The van der Waals surface area contributed by atoms with E-state index in [4.69, 9.17) is 122 Å². The number of amides is 6. The van der Waals surface area contributed by atoms with Gasteiger partial charge in [0.25, 0.3) is 22.2 Å². The van der Waals surface area contributed by atoms with Crippen LogP contribution in [0.3, 0.4) is 0 Å². The van der Waals surface area contributed by atoms with E-state index < -0.39 is 45.0 Å². The Morgan fingerprint density at radius 1 is 0.411 bits per heavy atom. The minimum absolute atomic E-state index is 0.0249. The van der Waals surface area contributed by atoms with Gasteiger partial charge in [0.1, 0.15) is 37.9 Å². The second-order valence-corrected chi connectivity index (χ2v) is 23.8. The van der Waals surface area contributed by atoms with Gasteiger partial charge < -0.3 is 35.1 Å². The fraction of sp³-hybridized carbons (Fsp3) is 0.470. The van der Waals surface area contributed by atoms with Gasteiger partial charge in [0.05, 0.1) is 6.54 Å². The molecule has 0 atom stereocenters. The van der Waals surface area contributed by atoms with E-state index in [9.17, 15) is 67.1 Å². The molecule has 4 aromatic rings. The maximum absolute atomic E-state index is 11.9. The van der Waals surface area contributed by atoms with Gasteiger partial charge in [-0.15, -0.1) is 104 Å². The number of carbonyl (C=O) groups excluding carboxylic acids is 6. The number of nitrogens with zero attached hydrogens (tertiary/aromatic N) is 11. The molecule has 41 heteroatoms. The lowest BCUT2D eigenvalue weighted by molar-refractivity contribution is -0.130. The molecular formula is C66H99Cl10N17O14. The molecular weight excluding hydrogens is 1610 g/mol. The normalized spacial score (nSPS) is 9.74. The first-order valence-electron chi connectivity index (χ1n) is 32.0. The molecule has 0 aliphatic rings. The molecule has 107 heavy (non-hydrogen) atoms. The molecule has 0 bridgehead atoms. The monoisotopic (exact) mass is 1700 g/mol. The number of halogens is 10. The Bertz CT molecular complexity index is 3430. The van der Waals surface area contributed by atoms with E-state index in [0.717, 1.165) is 28.5 Å². The summed E-state index contributed by atoms with van der Waals surface area (Å²) in [6, 6.07) is 0. The molecule has 0 fully saturated rings. The first-order chi connectivity index (χ1) is 50.7. The summed E-state index contributed by atoms with van der Waals surface area (Å²) in [5, 5.41) is 0. The summed E-state index contributed by atoms with van der Waals surface area (Å²) < 4.78 is 4.66. The third-order valence-corrected chi connectivity index (χ3v) is 14.3. The van der Waals surface area contributed by atoms with E-state index in [0.29, 0.717) is 104 Å². The van der Waals surface area contributed by atoms with Crippen molar-refractivity contribution in [1.82, 2.24) is 72.4 Å². The molecule has 0 radical (unpaired) electrons. The lowest BCUT2D eigenvalue weighted by Crippen LogP contribution is -2.37. The molecule has 0 aromatic carbocycles. The minimum atomic E-state index is -0.617. The Morgan fingerprint density at radius 2 is 0.636 bits per heavy atom. The molecule has 0 saturated carbocycles. The maximum atomic E-state index is 11.9. The smallest absolute Gasteiger partial charge is 0.328 e. The van der Waals surface area contributed by atoms with E-state index in [2.05, 4.69) is 69.2 Å². The number of hydrogen-bond acceptors (Lipinski definition) is 17. The number of aromatic amines is 4. The van der Waals surface area contributed by atoms with E-state index >= 15 is 0 Å². The number of nitrogens with two attached hydrogens (primary N) is 1. The summed E-state index contributed by atoms with van der Waals surface area (Å²) in [5.74, 6) is 1.62. The number of carbonyl (C=O) groups is 6. The van der Waals surface area contributed by atoms with Crippen LogP contribution in [0.4, 0.5) is 0 Å². The highest BCUT2D eigenvalue weighted by Gasteiger charge is 2.16. The van der Waals surface area contributed by atoms with Crippen molar-refractivity contribution in [3.8, 4) is 0 Å². The van der Waals surface area contributed by atoms with Gasteiger partial charge in [-0.1, -0.05) is 53.3 Å². The van der Waals surface area contributed by atoms with Crippen molar-refractivity contribution in [1.29, 1.82) is 0 Å². The van der Waals surface area contributed by atoms with Crippen LogP contribution >= 0.6 is 116 Å². The van der Waals surface area contributed by atoms with Crippen LogP contribution in [-0.2, 0) is 54.9 Å². The van der Waals surface area contributed by atoms with Gasteiger partial charge >= 0.3 is 22.8 Å². The standard InChI is InChI=1S/2C12H17N3O3.2C11H14ClN3O3.2C6H9Cl2NO.C4H8ClN.C2H5Cl2N.C2H6ClN/c2*1-4-6-14(5-2)10(16)8-15-7-9(3)11(17)13-12(15)18;2*1-3-14(5-4-12)9(16)7-15-6-8(2)10(17)13-11(15)18;2*1-2-9(4-3-7)6(10)5-8;1-2-6-4-3-5;3-1-2-5-4;3-1-2-4/h2*5,7H,2,4,6,8H2,1,3H3,(H,13,17,18);2*3,6H,1,4-5,7H2,2H3,(H,13,17,18);2*2H,1,3-5H2;2H,3-4H2,1H3;5H,1-2H2;1-2,4H2. The van der Waals surface area contributed by atoms with Crippen molar-refractivity contribution in [2.24, 2.45) is 10.7 Å². The molecule has 7 N–H and O–H groups in total. The van der Waals surface area contributed by atoms with Gasteiger partial charge in [-0.25, -0.2) is 24.0 Å². The Morgan fingerprint density at radius 3 is 0.776 bits per heavy atom. The molecule has 6 amide bonds. The first kappa shape index (κ1) is 108. The summed E-state index contributed by atoms with van der Waals surface area (Å²) in [7, 11) is 0. The van der Waals surface area contributed by atoms with Crippen LogP contribution in [0.15, 0.2) is 145 Å². The quantitative estimate of drug-likeness (QED) is 0.0183. The van der Waals surface area contributed by atoms with Gasteiger partial charge in [0.15, 0.2) is 0 Å². The molecule has 4 rings (SSSR count). The lowest BCUT2D eigenvalue weighted by atomic mass is 10.3. The van der Waals surface area contributed by atoms with Crippen molar-refractivity contribution in [3.05, 3.63) is 207 Å². The van der Waals surface area contributed by atoms with Crippen molar-refractivity contribution in [3.63, 3.8) is 0 Å². The number of hydrogen-bond donors (Lipinski definition) is 6. The van der Waals surface area contributed by atoms with E-state index in [1.54, 1.807) is 33.9 Å². The van der Waals surface area contributed by atoms with Crippen LogP contribution < -0.4 is 55.6 Å². The number of aryl methyl sites for hydroxylation is 4. The van der Waals surface area contributed by atoms with Crippen LogP contribution in [0.2, 0.25) is 0 Å². The summed E-state index contributed by atoms with van der Waals surface area (Å²) in [6.07, 6.45) is 17.3. The van der Waals surface area contributed by atoms with E-state index in [1.165, 1.54) is 101 Å². The number of alkyl halides is 9. The number of H-pyrrole nitrogens is 4. The van der Waals surface area contributed by atoms with Crippen molar-refractivity contribution in [2.75, 3.05) is 112 Å². The summed E-state index contributed by atoms with van der Waals surface area (Å²) in [4.78, 5) is 183. The highest BCUT2D eigenvalue weighted by atomic mass is 35.5. The van der Waals surface area contributed by atoms with E-state index in [-0.39, 0.29) is 85.1 Å². The zero-order chi connectivity index (χ0) is 83.2. The topological polar surface area (TPSA) is 392 Å². The second kappa shape index (κ2) is 67.8. The molecule has 0 unspecified atom stereocenters. The second-order valence-electron chi connectivity index (χ2n) is 20.3. The third-order valence-electron chi connectivity index (χ3n) is 12.4. The molecule has 0 saturated heterocycles. The third kappa shape index (κ3) is 49.2. The van der Waals surface area contributed by atoms with Crippen LogP contribution in [0.1, 0.15) is 55.9 Å². The summed E-state index contributed by atoms with van der Waals surface area (Å²) >= 11 is 52.9. The first-order valence-corrected chi connectivity index (χ1v) is 37.2. The molecule has 4 aromatic heterocycles. The fourth-order valence-corrected chi connectivity index (χ4v) is 8.43. The van der Waals surface area contributed by atoms with Crippen LogP contribution in [0.5, 0.6) is 0 Å². The molecule has 0 aliphatic heterocycles. The van der Waals surface area contributed by atoms with Crippen molar-refractivity contribution < 1.29 is 28.8 Å². The molecule has 0 aliphatic carbocycles. The maximum Gasteiger partial charge on any atom is 0.328 e. The Hall–Kier alpha value is -7.53. The van der Waals surface area contributed by atoms with Crippen LogP contribution in [-0.4, -0.2) is 221 Å². The summed E-state index contributed by atoms with van der Waals surface area (Å²) in [6.45, 7) is 37.2. The van der Waals surface area contributed by atoms with E-state index in [1.807, 2.05) is 20.8 Å². The number of aromatic nitrogens is 8. The largest absolute Gasteiger partial charge is 0.329 e. The van der Waals surface area contributed by atoms with Crippen molar-refractivity contribution in [2.45, 2.75) is 87.5 Å². The average molecular weight is 1710 g/mol. The predicted octanol–water partition coefficient (Wildman–Crippen LogP) is 5.91. The summed E-state index contributed by atoms with van der Waals surface area (Å²) in [5.41, 5.74) is 2.24. The fourth-order valence-electron chi connectivity index (χ4n) is 7.01. The zero-order valence-corrected chi connectivity index (χ0v) is 68.6. The van der Waals surface area contributed by atoms with Crippen LogP contribution in [0.25, 0.3) is 0 Å². The van der Waals surface area contributed by atoms with Gasteiger partial charge in [-0.3, -0.25) is 91.1 Å². The van der Waals surface area contributed by atoms with Gasteiger partial charge in [-0.05, 0) is 103 Å². The zero-order valence-electron chi connectivity index (χ0n) is 61.1. The number of rotatable bonds is 33. The SMILES string of the molecule is C=CN(CCC)C(=O)Cn1cc(C)c(=O)[nH]c1=O.C=CN(CCC)C(=O)Cn1cc(C)c(=O)[nH]c1=O.C=CN(CCCl)C(=O)CCl.C=CN(CCCl)C(=O)CCl.C=CN(CCCl)C(=O)Cn1cc(C)c(=O)[nH]c1=O.C=CN(CCCl)C(=O)Cn1cc(C)c(=O)[nH]c1=O.CC=NCCCl.ClCCNCl.NCCCl. The Kier molecular flexibility index (Phi) is 68.5. The van der Waals surface area contributed by atoms with Crippen LogP contribution in [0, 0.1) is 27.7 Å². The average Bonchev–Trinajstić information content (AvgIpc) is 0.866. The van der Waals surface area contributed by atoms with Crippen molar-refractivity contribution >= 4 is 158 Å². The molecule has 4 heterocycles. The van der Waals surface area contributed by atoms with Gasteiger partial charge in [0.2, 0.25) is 35.4 Å². The molecule has 31 nitrogen and oxygen atoms in total. The van der Waals surface area contributed by atoms with Gasteiger partial charge in [0, 0.05) is 141 Å². The number of nitrogens with one attached hydrogen (secondary N) is 5. The predicted molar refractivity (Wildman–Crippen MR) is 435 cm³/mol. The lowest BCUT2D eigenvalue weighted by Gasteiger charge is -2.17. The van der Waals surface area contributed by atoms with Gasteiger partial charge in [-0.2, -0.15) is 0 Å². The highest BCUT2D eigenvalue weighted by molar-refractivity contribution is 6.28. The Labute approximate surface area is 671 Å². The molecule has 0 spiro atoms. The highest BCUT2D eigenvalue weighted by Crippen LogP contribution is 2.01. The molecule has 602 valence electrons.